The van der Waals surface area contributed by atoms with Gasteiger partial charge in [-0.15, -0.1) is 0 Å². The number of amides is 2. The van der Waals surface area contributed by atoms with Crippen molar-refractivity contribution < 1.29 is 9.59 Å². The van der Waals surface area contributed by atoms with Crippen LogP contribution < -0.4 is 11.1 Å². The van der Waals surface area contributed by atoms with Crippen molar-refractivity contribution in [3.8, 4) is 0 Å². The average molecular weight is 337 g/mol. The van der Waals surface area contributed by atoms with Crippen molar-refractivity contribution in [3.05, 3.63) is 65.7 Å². The molecule has 0 aromatic heterocycles. The number of piperidine rings is 1. The third-order valence-electron chi connectivity index (χ3n) is 4.64. The fraction of sp³-hybridized carbons (Fsp3) is 0.300. The maximum atomic E-state index is 12.3. The first-order chi connectivity index (χ1) is 12.1. The Balaban J connectivity index is 1.54. The minimum absolute atomic E-state index is 0.0142. The molecule has 0 saturated carbocycles. The normalized spacial score (nSPS) is 15.7. The number of hydrogen-bond donors (Lipinski definition) is 2. The molecule has 130 valence electrons. The first-order valence-electron chi connectivity index (χ1n) is 8.59. The molecule has 1 fully saturated rings. The van der Waals surface area contributed by atoms with Gasteiger partial charge in [-0.3, -0.25) is 14.5 Å². The van der Waals surface area contributed by atoms with Crippen molar-refractivity contribution in [2.24, 2.45) is 11.7 Å². The van der Waals surface area contributed by atoms with Gasteiger partial charge in [0.2, 0.25) is 5.91 Å². The predicted molar refractivity (Wildman–Crippen MR) is 98.0 cm³/mol. The first-order valence-corrected chi connectivity index (χ1v) is 8.59. The Bertz CT molecular complexity index is 720. The molecule has 5 heteroatoms. The minimum Gasteiger partial charge on any atom is -0.369 e. The Morgan fingerprint density at radius 3 is 2.24 bits per heavy atom. The maximum Gasteiger partial charge on any atom is 0.255 e. The minimum atomic E-state index is -0.187. The number of para-hydroxylation sites is 1. The highest BCUT2D eigenvalue weighted by atomic mass is 16.2. The van der Waals surface area contributed by atoms with E-state index in [-0.39, 0.29) is 17.7 Å². The van der Waals surface area contributed by atoms with Crippen molar-refractivity contribution in [1.29, 1.82) is 0 Å². The van der Waals surface area contributed by atoms with Crippen molar-refractivity contribution >= 4 is 17.5 Å². The lowest BCUT2D eigenvalue weighted by atomic mass is 9.96. The van der Waals surface area contributed by atoms with Gasteiger partial charge in [0.25, 0.3) is 5.91 Å². The van der Waals surface area contributed by atoms with Crippen LogP contribution in [0.4, 0.5) is 5.69 Å². The van der Waals surface area contributed by atoms with E-state index in [4.69, 9.17) is 5.73 Å². The van der Waals surface area contributed by atoms with Gasteiger partial charge in [-0.1, -0.05) is 30.3 Å². The molecule has 5 nitrogen and oxygen atoms in total. The van der Waals surface area contributed by atoms with Gasteiger partial charge in [0.15, 0.2) is 0 Å². The van der Waals surface area contributed by atoms with E-state index in [0.717, 1.165) is 43.7 Å². The van der Waals surface area contributed by atoms with Crippen LogP contribution in [0.1, 0.15) is 28.8 Å². The molecule has 0 spiro atoms. The highest BCUT2D eigenvalue weighted by molar-refractivity contribution is 6.04. The summed E-state index contributed by atoms with van der Waals surface area (Å²) in [6, 6.07) is 17.1. The second-order valence-corrected chi connectivity index (χ2v) is 6.47. The van der Waals surface area contributed by atoms with Crippen LogP contribution >= 0.6 is 0 Å². The summed E-state index contributed by atoms with van der Waals surface area (Å²) in [5.74, 6) is -0.284. The molecular formula is C20H23N3O2. The third-order valence-corrected chi connectivity index (χ3v) is 4.64. The second-order valence-electron chi connectivity index (χ2n) is 6.47. The zero-order valence-electron chi connectivity index (χ0n) is 14.2. The van der Waals surface area contributed by atoms with Crippen LogP contribution in [0.5, 0.6) is 0 Å². The van der Waals surface area contributed by atoms with Gasteiger partial charge < -0.3 is 11.1 Å². The van der Waals surface area contributed by atoms with E-state index in [9.17, 15) is 9.59 Å². The molecule has 0 unspecified atom stereocenters. The molecule has 2 amide bonds. The lowest BCUT2D eigenvalue weighted by Crippen LogP contribution is -2.38. The summed E-state index contributed by atoms with van der Waals surface area (Å²) in [5.41, 5.74) is 7.96. The van der Waals surface area contributed by atoms with E-state index in [1.54, 1.807) is 0 Å². The topological polar surface area (TPSA) is 75.4 Å². The fourth-order valence-electron chi connectivity index (χ4n) is 3.12. The molecule has 1 aliphatic rings. The number of carbonyl (C=O) groups is 2. The van der Waals surface area contributed by atoms with Crippen LogP contribution in [-0.2, 0) is 11.3 Å². The van der Waals surface area contributed by atoms with Crippen LogP contribution in [0, 0.1) is 5.92 Å². The molecule has 1 aliphatic heterocycles. The van der Waals surface area contributed by atoms with E-state index in [1.165, 1.54) is 0 Å². The van der Waals surface area contributed by atoms with E-state index in [1.807, 2.05) is 54.6 Å². The molecule has 3 N–H and O–H groups in total. The summed E-state index contributed by atoms with van der Waals surface area (Å²) in [5, 5.41) is 2.88. The summed E-state index contributed by atoms with van der Waals surface area (Å²) in [7, 11) is 0. The molecule has 0 radical (unpaired) electrons. The fourth-order valence-corrected chi connectivity index (χ4v) is 3.12. The summed E-state index contributed by atoms with van der Waals surface area (Å²) in [6.07, 6.45) is 1.65. The second kappa shape index (κ2) is 7.94. The third kappa shape index (κ3) is 4.67. The molecule has 2 aromatic rings. The van der Waals surface area contributed by atoms with E-state index < -0.39 is 0 Å². The molecule has 2 aromatic carbocycles. The van der Waals surface area contributed by atoms with E-state index in [2.05, 4.69) is 10.2 Å². The Labute approximate surface area is 147 Å². The lowest BCUT2D eigenvalue weighted by Gasteiger charge is -2.30. The van der Waals surface area contributed by atoms with Crippen molar-refractivity contribution in [2.45, 2.75) is 19.4 Å². The number of likely N-dealkylation sites (tertiary alicyclic amines) is 1. The summed E-state index contributed by atoms with van der Waals surface area (Å²) in [4.78, 5) is 25.8. The number of nitrogens with two attached hydrogens (primary N) is 1. The number of nitrogens with zero attached hydrogens (tertiary/aromatic N) is 1. The molecule has 1 heterocycles. The van der Waals surface area contributed by atoms with Gasteiger partial charge in [-0.25, -0.2) is 0 Å². The molecule has 1 saturated heterocycles. The number of hydrogen-bond acceptors (Lipinski definition) is 3. The Kier molecular flexibility index (Phi) is 5.46. The average Bonchev–Trinajstić information content (AvgIpc) is 2.63. The van der Waals surface area contributed by atoms with Crippen LogP contribution in [0.2, 0.25) is 0 Å². The molecule has 3 rings (SSSR count). The number of carbonyl (C=O) groups excluding carboxylic acids is 2. The van der Waals surface area contributed by atoms with Crippen LogP contribution in [-0.4, -0.2) is 29.8 Å². The standard InChI is InChI=1S/C20H23N3O2/c21-19(24)16-10-12-23(13-11-16)14-15-6-8-17(9-7-15)20(25)22-18-4-2-1-3-5-18/h1-9,16H,10-14H2,(H2,21,24)(H,22,25). The highest BCUT2D eigenvalue weighted by Gasteiger charge is 2.22. The van der Waals surface area contributed by atoms with Gasteiger partial charge >= 0.3 is 0 Å². The number of rotatable bonds is 5. The van der Waals surface area contributed by atoms with Gasteiger partial charge in [-0.05, 0) is 55.8 Å². The molecular weight excluding hydrogens is 314 g/mol. The zero-order chi connectivity index (χ0) is 17.6. The quantitative estimate of drug-likeness (QED) is 0.881. The maximum absolute atomic E-state index is 12.3. The molecule has 0 aliphatic carbocycles. The SMILES string of the molecule is NC(=O)C1CCN(Cc2ccc(C(=O)Nc3ccccc3)cc2)CC1. The van der Waals surface area contributed by atoms with Crippen LogP contribution in [0.3, 0.4) is 0 Å². The zero-order valence-corrected chi connectivity index (χ0v) is 14.2. The van der Waals surface area contributed by atoms with Crippen LogP contribution in [0.25, 0.3) is 0 Å². The number of primary amides is 1. The Morgan fingerprint density at radius 2 is 1.64 bits per heavy atom. The molecule has 0 atom stereocenters. The van der Waals surface area contributed by atoms with E-state index >= 15 is 0 Å². The predicted octanol–water partition coefficient (Wildman–Crippen LogP) is 2.64. The van der Waals surface area contributed by atoms with Gasteiger partial charge in [-0.2, -0.15) is 0 Å². The summed E-state index contributed by atoms with van der Waals surface area (Å²) >= 11 is 0. The van der Waals surface area contributed by atoms with Crippen LogP contribution in [0.15, 0.2) is 54.6 Å². The Hall–Kier alpha value is -2.66. The summed E-state index contributed by atoms with van der Waals surface area (Å²) in [6.45, 7) is 2.58. The van der Waals surface area contributed by atoms with E-state index in [0.29, 0.717) is 5.56 Å². The molecule has 0 bridgehead atoms. The van der Waals surface area contributed by atoms with Gasteiger partial charge in [0, 0.05) is 23.7 Å². The largest absolute Gasteiger partial charge is 0.369 e. The first kappa shape index (κ1) is 17.2. The number of benzene rings is 2. The van der Waals surface area contributed by atoms with Gasteiger partial charge in [0.05, 0.1) is 0 Å². The number of nitrogens with one attached hydrogen (secondary N) is 1. The highest BCUT2D eigenvalue weighted by Crippen LogP contribution is 2.19. The monoisotopic (exact) mass is 337 g/mol. The smallest absolute Gasteiger partial charge is 0.255 e. The lowest BCUT2D eigenvalue weighted by molar-refractivity contribution is -0.123. The van der Waals surface area contributed by atoms with Crippen molar-refractivity contribution in [1.82, 2.24) is 4.90 Å². The molecule has 25 heavy (non-hydrogen) atoms. The van der Waals surface area contributed by atoms with Gasteiger partial charge in [0.1, 0.15) is 0 Å². The Morgan fingerprint density at radius 1 is 1.00 bits per heavy atom. The van der Waals surface area contributed by atoms with Crippen molar-refractivity contribution in [2.75, 3.05) is 18.4 Å². The number of anilines is 1. The summed E-state index contributed by atoms with van der Waals surface area (Å²) < 4.78 is 0. The van der Waals surface area contributed by atoms with Crippen molar-refractivity contribution in [3.63, 3.8) is 0 Å².